The van der Waals surface area contributed by atoms with Gasteiger partial charge in [-0.05, 0) is 32.7 Å². The molecule has 4 nitrogen and oxygen atoms in total. The first-order valence-electron chi connectivity index (χ1n) is 7.47. The first-order chi connectivity index (χ1) is 8.79. The average Bonchev–Trinajstić information content (AvgIpc) is 2.91. The maximum atomic E-state index is 11.6. The SMILES string of the molecule is CNCCC(=O)NC1CCN(C2CCCC2)CC1. The number of carbonyl (C=O) groups is 1. The minimum absolute atomic E-state index is 0.198. The molecule has 2 fully saturated rings. The van der Waals surface area contributed by atoms with Crippen molar-refractivity contribution in [2.45, 2.75) is 57.0 Å². The van der Waals surface area contributed by atoms with Crippen molar-refractivity contribution < 1.29 is 4.79 Å². The fourth-order valence-corrected chi connectivity index (χ4v) is 3.22. The zero-order chi connectivity index (χ0) is 12.8. The second kappa shape index (κ2) is 7.10. The summed E-state index contributed by atoms with van der Waals surface area (Å²) < 4.78 is 0. The molecule has 0 aromatic carbocycles. The first-order valence-corrected chi connectivity index (χ1v) is 7.47. The predicted octanol–water partition coefficient (Wildman–Crippen LogP) is 1.12. The van der Waals surface area contributed by atoms with Crippen LogP contribution >= 0.6 is 0 Å². The zero-order valence-corrected chi connectivity index (χ0v) is 11.6. The van der Waals surface area contributed by atoms with Gasteiger partial charge in [0.25, 0.3) is 0 Å². The lowest BCUT2D eigenvalue weighted by atomic mass is 10.0. The molecule has 0 spiro atoms. The number of hydrogen-bond donors (Lipinski definition) is 2. The Hall–Kier alpha value is -0.610. The third kappa shape index (κ3) is 3.95. The van der Waals surface area contributed by atoms with Crippen LogP contribution in [0.1, 0.15) is 44.9 Å². The van der Waals surface area contributed by atoms with Crippen LogP contribution in [-0.4, -0.2) is 49.6 Å². The third-order valence-electron chi connectivity index (χ3n) is 4.34. The summed E-state index contributed by atoms with van der Waals surface area (Å²) in [6.07, 6.45) is 8.44. The van der Waals surface area contributed by atoms with Crippen molar-refractivity contribution in [1.29, 1.82) is 0 Å². The standard InChI is InChI=1S/C14H27N3O/c1-15-9-6-14(18)16-12-7-10-17(11-8-12)13-4-2-3-5-13/h12-13,15H,2-11H2,1H3,(H,16,18). The molecule has 0 aromatic heterocycles. The normalized spacial score (nSPS) is 23.4. The van der Waals surface area contributed by atoms with E-state index in [2.05, 4.69) is 15.5 Å². The van der Waals surface area contributed by atoms with Crippen LogP contribution in [-0.2, 0) is 4.79 Å². The average molecular weight is 253 g/mol. The van der Waals surface area contributed by atoms with E-state index >= 15 is 0 Å². The number of nitrogens with one attached hydrogen (secondary N) is 2. The Bertz CT molecular complexity index is 256. The van der Waals surface area contributed by atoms with Crippen molar-refractivity contribution in [3.63, 3.8) is 0 Å². The first kappa shape index (κ1) is 13.8. The number of likely N-dealkylation sites (tertiary alicyclic amines) is 1. The summed E-state index contributed by atoms with van der Waals surface area (Å²) in [6, 6.07) is 1.25. The van der Waals surface area contributed by atoms with Gasteiger partial charge in [0.15, 0.2) is 0 Å². The Labute approximate surface area is 110 Å². The summed E-state index contributed by atoms with van der Waals surface area (Å²) in [6.45, 7) is 3.11. The van der Waals surface area contributed by atoms with Gasteiger partial charge in [-0.2, -0.15) is 0 Å². The van der Waals surface area contributed by atoms with Crippen LogP contribution < -0.4 is 10.6 Å². The number of carbonyl (C=O) groups excluding carboxylic acids is 1. The summed E-state index contributed by atoms with van der Waals surface area (Å²) in [5.41, 5.74) is 0. The number of amides is 1. The van der Waals surface area contributed by atoms with Gasteiger partial charge in [-0.15, -0.1) is 0 Å². The Morgan fingerprint density at radius 1 is 1.17 bits per heavy atom. The molecule has 2 rings (SSSR count). The van der Waals surface area contributed by atoms with Gasteiger partial charge in [0.1, 0.15) is 0 Å². The maximum absolute atomic E-state index is 11.6. The van der Waals surface area contributed by atoms with Crippen molar-refractivity contribution in [3.05, 3.63) is 0 Å². The van der Waals surface area contributed by atoms with E-state index in [1.54, 1.807) is 0 Å². The van der Waals surface area contributed by atoms with Crippen LogP contribution in [0.15, 0.2) is 0 Å². The lowest BCUT2D eigenvalue weighted by molar-refractivity contribution is -0.122. The van der Waals surface area contributed by atoms with Crippen LogP contribution in [0.3, 0.4) is 0 Å². The van der Waals surface area contributed by atoms with Crippen molar-refractivity contribution >= 4 is 5.91 Å². The molecule has 0 aromatic rings. The highest BCUT2D eigenvalue weighted by Crippen LogP contribution is 2.26. The van der Waals surface area contributed by atoms with Crippen molar-refractivity contribution in [2.24, 2.45) is 0 Å². The molecular formula is C14H27N3O. The second-order valence-electron chi connectivity index (χ2n) is 5.67. The molecule has 0 atom stereocenters. The van der Waals surface area contributed by atoms with Crippen molar-refractivity contribution in [3.8, 4) is 0 Å². The summed E-state index contributed by atoms with van der Waals surface area (Å²) in [5, 5.41) is 6.17. The molecule has 1 heterocycles. The van der Waals surface area contributed by atoms with E-state index in [0.29, 0.717) is 12.5 Å². The van der Waals surface area contributed by atoms with Crippen molar-refractivity contribution in [2.75, 3.05) is 26.7 Å². The molecule has 1 aliphatic heterocycles. The van der Waals surface area contributed by atoms with Gasteiger partial charge >= 0.3 is 0 Å². The topological polar surface area (TPSA) is 44.4 Å². The fraction of sp³-hybridized carbons (Fsp3) is 0.929. The highest BCUT2D eigenvalue weighted by Gasteiger charge is 2.27. The highest BCUT2D eigenvalue weighted by molar-refractivity contribution is 5.76. The van der Waals surface area contributed by atoms with Crippen LogP contribution in [0.4, 0.5) is 0 Å². The highest BCUT2D eigenvalue weighted by atomic mass is 16.1. The molecule has 1 amide bonds. The van der Waals surface area contributed by atoms with E-state index in [4.69, 9.17) is 0 Å². The molecule has 0 unspecified atom stereocenters. The fourth-order valence-electron chi connectivity index (χ4n) is 3.22. The largest absolute Gasteiger partial charge is 0.353 e. The van der Waals surface area contributed by atoms with E-state index < -0.39 is 0 Å². The summed E-state index contributed by atoms with van der Waals surface area (Å²) in [7, 11) is 1.88. The number of rotatable bonds is 5. The molecule has 2 aliphatic rings. The lowest BCUT2D eigenvalue weighted by Crippen LogP contribution is -2.47. The minimum Gasteiger partial charge on any atom is -0.353 e. The molecule has 1 aliphatic carbocycles. The van der Waals surface area contributed by atoms with Crippen LogP contribution in [0.25, 0.3) is 0 Å². The number of hydrogen-bond acceptors (Lipinski definition) is 3. The van der Waals surface area contributed by atoms with Gasteiger partial charge < -0.3 is 15.5 Å². The molecule has 1 saturated heterocycles. The Morgan fingerprint density at radius 2 is 1.83 bits per heavy atom. The molecular weight excluding hydrogens is 226 g/mol. The molecule has 2 N–H and O–H groups in total. The predicted molar refractivity (Wildman–Crippen MR) is 73.5 cm³/mol. The summed E-state index contributed by atoms with van der Waals surface area (Å²) >= 11 is 0. The van der Waals surface area contributed by atoms with E-state index in [-0.39, 0.29) is 5.91 Å². The van der Waals surface area contributed by atoms with E-state index in [0.717, 1.165) is 25.4 Å². The van der Waals surface area contributed by atoms with E-state index in [9.17, 15) is 4.79 Å². The molecule has 4 heteroatoms. The van der Waals surface area contributed by atoms with Crippen LogP contribution in [0.5, 0.6) is 0 Å². The Morgan fingerprint density at radius 3 is 2.44 bits per heavy atom. The molecule has 1 saturated carbocycles. The maximum Gasteiger partial charge on any atom is 0.221 e. The monoisotopic (exact) mass is 253 g/mol. The van der Waals surface area contributed by atoms with Gasteiger partial charge in [-0.3, -0.25) is 4.79 Å². The molecule has 0 radical (unpaired) electrons. The number of nitrogens with zero attached hydrogens (tertiary/aromatic N) is 1. The van der Waals surface area contributed by atoms with Crippen molar-refractivity contribution in [1.82, 2.24) is 15.5 Å². The van der Waals surface area contributed by atoms with Gasteiger partial charge in [0, 0.05) is 38.1 Å². The Kier molecular flexibility index (Phi) is 5.45. The van der Waals surface area contributed by atoms with Gasteiger partial charge in [0.2, 0.25) is 5.91 Å². The van der Waals surface area contributed by atoms with Crippen LogP contribution in [0, 0.1) is 0 Å². The smallest absolute Gasteiger partial charge is 0.221 e. The molecule has 18 heavy (non-hydrogen) atoms. The van der Waals surface area contributed by atoms with E-state index in [1.807, 2.05) is 7.05 Å². The lowest BCUT2D eigenvalue weighted by Gasteiger charge is -2.36. The quantitative estimate of drug-likeness (QED) is 0.772. The number of piperidine rings is 1. The Balaban J connectivity index is 1.65. The second-order valence-corrected chi connectivity index (χ2v) is 5.67. The molecule has 104 valence electrons. The zero-order valence-electron chi connectivity index (χ0n) is 11.6. The summed E-state index contributed by atoms with van der Waals surface area (Å²) in [5.74, 6) is 0.198. The minimum atomic E-state index is 0.198. The molecule has 0 bridgehead atoms. The van der Waals surface area contributed by atoms with Gasteiger partial charge in [0.05, 0.1) is 0 Å². The third-order valence-corrected chi connectivity index (χ3v) is 4.34. The van der Waals surface area contributed by atoms with Gasteiger partial charge in [-0.25, -0.2) is 0 Å². The summed E-state index contributed by atoms with van der Waals surface area (Å²) in [4.78, 5) is 14.3. The van der Waals surface area contributed by atoms with Crippen LogP contribution in [0.2, 0.25) is 0 Å². The van der Waals surface area contributed by atoms with E-state index in [1.165, 1.54) is 38.8 Å². The van der Waals surface area contributed by atoms with Gasteiger partial charge in [-0.1, -0.05) is 12.8 Å².